The molecule has 0 saturated heterocycles. The normalized spacial score (nSPS) is 17.9. The maximum absolute atomic E-state index is 11.6. The number of aryl methyl sites for hydroxylation is 1. The summed E-state index contributed by atoms with van der Waals surface area (Å²) in [6, 6.07) is 0.487. The Bertz CT molecular complexity index is 459. The smallest absolute Gasteiger partial charge is 0.237 e. The fourth-order valence-electron chi connectivity index (χ4n) is 2.11. The first-order valence-electron chi connectivity index (χ1n) is 7.06. The number of hydrogen-bond acceptors (Lipinski definition) is 5. The van der Waals surface area contributed by atoms with Crippen molar-refractivity contribution in [2.24, 2.45) is 12.8 Å². The average molecular weight is 297 g/mol. The van der Waals surface area contributed by atoms with Gasteiger partial charge in [-0.25, -0.2) is 9.67 Å². The fraction of sp³-hybridized carbons (Fsp3) is 0.769. The van der Waals surface area contributed by atoms with Crippen molar-refractivity contribution in [2.45, 2.75) is 55.8 Å². The summed E-state index contributed by atoms with van der Waals surface area (Å²) in [6.45, 7) is 1.92. The van der Waals surface area contributed by atoms with Gasteiger partial charge in [-0.2, -0.15) is 5.10 Å². The monoisotopic (exact) mass is 297 g/mol. The van der Waals surface area contributed by atoms with Gasteiger partial charge in [0.2, 0.25) is 5.91 Å². The molecule has 3 N–H and O–H groups in total. The number of nitrogens with zero attached hydrogens (tertiary/aromatic N) is 3. The Hall–Kier alpha value is -1.08. The third-order valence-electron chi connectivity index (χ3n) is 3.62. The Morgan fingerprint density at radius 2 is 2.35 bits per heavy atom. The van der Waals surface area contributed by atoms with Crippen LogP contribution in [0.4, 0.5) is 0 Å². The van der Waals surface area contributed by atoms with Crippen molar-refractivity contribution >= 4 is 17.7 Å². The van der Waals surface area contributed by atoms with Crippen molar-refractivity contribution in [3.63, 3.8) is 0 Å². The third kappa shape index (κ3) is 4.21. The number of carbonyl (C=O) groups excluding carboxylic acids is 1. The van der Waals surface area contributed by atoms with Crippen molar-refractivity contribution in [3.8, 4) is 0 Å². The summed E-state index contributed by atoms with van der Waals surface area (Å²) in [4.78, 5) is 15.8. The number of aromatic nitrogens is 3. The van der Waals surface area contributed by atoms with Gasteiger partial charge in [-0.1, -0.05) is 18.2 Å². The Morgan fingerprint density at radius 3 is 2.90 bits per heavy atom. The second-order valence-electron chi connectivity index (χ2n) is 5.59. The highest BCUT2D eigenvalue weighted by atomic mass is 32.2. The van der Waals surface area contributed by atoms with Crippen molar-refractivity contribution in [1.29, 1.82) is 0 Å². The molecular formula is C13H23N5OS. The summed E-state index contributed by atoms with van der Waals surface area (Å²) in [5, 5.41) is 8.33. The van der Waals surface area contributed by atoms with E-state index in [1.165, 1.54) is 0 Å². The number of nitrogens with one attached hydrogen (secondary N) is 1. The molecule has 1 unspecified atom stereocenters. The van der Waals surface area contributed by atoms with Gasteiger partial charge in [-0.15, -0.1) is 0 Å². The van der Waals surface area contributed by atoms with Gasteiger partial charge < -0.3 is 11.1 Å². The molecule has 1 heterocycles. The SMILES string of the molecule is Cn1ncnc1SCCCCC(C)(NC1CC1)C(N)=O. The van der Waals surface area contributed by atoms with Gasteiger partial charge in [0, 0.05) is 18.8 Å². The number of nitrogens with two attached hydrogens (primary N) is 1. The van der Waals surface area contributed by atoms with Gasteiger partial charge >= 0.3 is 0 Å². The standard InChI is InChI=1S/C13H23N5OS/c1-13(11(14)19,17-10-5-6-10)7-3-4-8-20-12-15-9-16-18(12)2/h9-10,17H,3-8H2,1-2H3,(H2,14,19). The molecule has 1 aliphatic rings. The fourth-order valence-corrected chi connectivity index (χ4v) is 2.99. The average Bonchev–Trinajstić information content (AvgIpc) is 3.10. The van der Waals surface area contributed by atoms with Gasteiger partial charge in [-0.05, 0) is 32.6 Å². The molecule has 1 saturated carbocycles. The van der Waals surface area contributed by atoms with Crippen LogP contribution in [0.2, 0.25) is 0 Å². The quantitative estimate of drug-likeness (QED) is 0.526. The number of unbranched alkanes of at least 4 members (excludes halogenated alkanes) is 1. The lowest BCUT2D eigenvalue weighted by molar-refractivity contribution is -0.124. The van der Waals surface area contributed by atoms with Gasteiger partial charge in [0.05, 0.1) is 5.54 Å². The summed E-state index contributed by atoms with van der Waals surface area (Å²) in [5.41, 5.74) is 4.97. The second-order valence-corrected chi connectivity index (χ2v) is 6.65. The van der Waals surface area contributed by atoms with E-state index in [-0.39, 0.29) is 5.91 Å². The van der Waals surface area contributed by atoms with E-state index in [1.54, 1.807) is 22.8 Å². The van der Waals surface area contributed by atoms with E-state index in [0.29, 0.717) is 6.04 Å². The summed E-state index contributed by atoms with van der Waals surface area (Å²) in [7, 11) is 1.89. The first-order chi connectivity index (χ1) is 9.51. The minimum atomic E-state index is -0.559. The van der Waals surface area contributed by atoms with E-state index in [4.69, 9.17) is 5.73 Å². The molecule has 6 nitrogen and oxygen atoms in total. The van der Waals surface area contributed by atoms with E-state index in [9.17, 15) is 4.79 Å². The van der Waals surface area contributed by atoms with Crippen molar-refractivity contribution in [3.05, 3.63) is 6.33 Å². The van der Waals surface area contributed by atoms with Crippen LogP contribution >= 0.6 is 11.8 Å². The van der Waals surface area contributed by atoms with Gasteiger partial charge in [0.15, 0.2) is 5.16 Å². The van der Waals surface area contributed by atoms with Gasteiger partial charge in [0.25, 0.3) is 0 Å². The lowest BCUT2D eigenvalue weighted by Gasteiger charge is -2.27. The Balaban J connectivity index is 1.68. The number of amides is 1. The van der Waals surface area contributed by atoms with Crippen LogP contribution in [0, 0.1) is 0 Å². The van der Waals surface area contributed by atoms with E-state index in [1.807, 2.05) is 14.0 Å². The van der Waals surface area contributed by atoms with Crippen molar-refractivity contribution in [2.75, 3.05) is 5.75 Å². The molecule has 20 heavy (non-hydrogen) atoms. The van der Waals surface area contributed by atoms with Crippen molar-refractivity contribution in [1.82, 2.24) is 20.1 Å². The molecule has 0 bridgehead atoms. The van der Waals surface area contributed by atoms with Crippen LogP contribution < -0.4 is 11.1 Å². The topological polar surface area (TPSA) is 85.8 Å². The van der Waals surface area contributed by atoms with Crippen molar-refractivity contribution < 1.29 is 4.79 Å². The summed E-state index contributed by atoms with van der Waals surface area (Å²) < 4.78 is 1.77. The Kier molecular flexibility index (Phi) is 5.04. The molecule has 1 aliphatic carbocycles. The molecule has 1 amide bonds. The highest BCUT2D eigenvalue weighted by Crippen LogP contribution is 2.25. The molecule has 2 rings (SSSR count). The number of rotatable bonds is 9. The highest BCUT2D eigenvalue weighted by Gasteiger charge is 2.36. The summed E-state index contributed by atoms with van der Waals surface area (Å²) in [6.07, 6.45) is 6.68. The molecule has 7 heteroatoms. The van der Waals surface area contributed by atoms with Crippen LogP contribution in [0.3, 0.4) is 0 Å². The first kappa shape index (κ1) is 15.3. The second kappa shape index (κ2) is 6.58. The Morgan fingerprint density at radius 1 is 1.60 bits per heavy atom. The van der Waals surface area contributed by atoms with Crippen LogP contribution in [0.5, 0.6) is 0 Å². The summed E-state index contributed by atoms with van der Waals surface area (Å²) in [5.74, 6) is 0.732. The minimum Gasteiger partial charge on any atom is -0.368 e. The predicted molar refractivity (Wildman–Crippen MR) is 79.3 cm³/mol. The number of primary amides is 1. The lowest BCUT2D eigenvalue weighted by Crippen LogP contribution is -2.53. The molecule has 0 spiro atoms. The zero-order valence-corrected chi connectivity index (χ0v) is 12.9. The van der Waals surface area contributed by atoms with Crippen LogP contribution in [0.1, 0.15) is 39.0 Å². The largest absolute Gasteiger partial charge is 0.368 e. The molecule has 112 valence electrons. The van der Waals surface area contributed by atoms with E-state index in [0.717, 1.165) is 43.0 Å². The molecule has 1 fully saturated rings. The van der Waals surface area contributed by atoms with Crippen LogP contribution in [-0.2, 0) is 11.8 Å². The molecule has 0 radical (unpaired) electrons. The molecular weight excluding hydrogens is 274 g/mol. The summed E-state index contributed by atoms with van der Waals surface area (Å²) >= 11 is 1.69. The van der Waals surface area contributed by atoms with Crippen LogP contribution in [-0.4, -0.2) is 38.0 Å². The van der Waals surface area contributed by atoms with Crippen LogP contribution in [0.15, 0.2) is 11.5 Å². The number of thioether (sulfide) groups is 1. The predicted octanol–water partition coefficient (Wildman–Crippen LogP) is 1.07. The van der Waals surface area contributed by atoms with Gasteiger partial charge in [0.1, 0.15) is 6.33 Å². The lowest BCUT2D eigenvalue weighted by atomic mass is 9.94. The maximum atomic E-state index is 11.6. The van der Waals surface area contributed by atoms with E-state index < -0.39 is 5.54 Å². The molecule has 1 aromatic rings. The molecule has 0 aromatic carbocycles. The first-order valence-corrected chi connectivity index (χ1v) is 8.04. The van der Waals surface area contributed by atoms with Gasteiger partial charge in [-0.3, -0.25) is 4.79 Å². The number of carbonyl (C=O) groups is 1. The third-order valence-corrected chi connectivity index (χ3v) is 4.74. The molecule has 1 aromatic heterocycles. The number of hydrogen-bond donors (Lipinski definition) is 2. The Labute approximate surface area is 123 Å². The molecule has 1 atom stereocenters. The van der Waals surface area contributed by atoms with E-state index in [2.05, 4.69) is 15.4 Å². The van der Waals surface area contributed by atoms with E-state index >= 15 is 0 Å². The van der Waals surface area contributed by atoms with Crippen LogP contribution in [0.25, 0.3) is 0 Å². The minimum absolute atomic E-state index is 0.245. The highest BCUT2D eigenvalue weighted by molar-refractivity contribution is 7.99. The zero-order chi connectivity index (χ0) is 14.6. The zero-order valence-electron chi connectivity index (χ0n) is 12.1. The molecule has 0 aliphatic heterocycles. The maximum Gasteiger partial charge on any atom is 0.237 e.